The Morgan fingerprint density at radius 2 is 2.15 bits per heavy atom. The lowest BCUT2D eigenvalue weighted by Gasteiger charge is -2.16. The van der Waals surface area contributed by atoms with Crippen LogP contribution in [0.1, 0.15) is 43.8 Å². The number of nitrogens with one attached hydrogen (secondary N) is 1. The van der Waals surface area contributed by atoms with Crippen LogP contribution in [0.3, 0.4) is 0 Å². The molecule has 0 bridgehead atoms. The van der Waals surface area contributed by atoms with Crippen molar-refractivity contribution in [3.8, 4) is 0 Å². The summed E-state index contributed by atoms with van der Waals surface area (Å²) < 4.78 is 0. The molecule has 20 heavy (non-hydrogen) atoms. The van der Waals surface area contributed by atoms with Gasteiger partial charge in [-0.1, -0.05) is 13.8 Å². The number of amides is 1. The first kappa shape index (κ1) is 16.6. The van der Waals surface area contributed by atoms with Crippen molar-refractivity contribution >= 4 is 23.2 Å². The normalized spacial score (nSPS) is 12.4. The Bertz CT molecular complexity index is 457. The Hall–Kier alpha value is -1.43. The number of hydrogen-bond donors (Lipinski definition) is 2. The maximum atomic E-state index is 11.7. The third-order valence-electron chi connectivity index (χ3n) is 2.80. The van der Waals surface area contributed by atoms with E-state index in [9.17, 15) is 9.59 Å². The van der Waals surface area contributed by atoms with Crippen LogP contribution < -0.4 is 5.32 Å². The molecule has 2 N–H and O–H groups in total. The van der Waals surface area contributed by atoms with Gasteiger partial charge in [-0.25, -0.2) is 9.78 Å². The van der Waals surface area contributed by atoms with Crippen molar-refractivity contribution in [3.05, 3.63) is 16.1 Å². The number of thiazole rings is 1. The molecule has 0 saturated carbocycles. The molecule has 1 heterocycles. The van der Waals surface area contributed by atoms with Gasteiger partial charge < -0.3 is 10.4 Å². The smallest absolute Gasteiger partial charge is 0.326 e. The number of aliphatic carboxylic acids is 1. The molecular weight excluding hydrogens is 276 g/mol. The summed E-state index contributed by atoms with van der Waals surface area (Å²) in [5.74, 6) is -0.941. The second-order valence-corrected chi connectivity index (χ2v) is 6.27. The van der Waals surface area contributed by atoms with Gasteiger partial charge in [-0.3, -0.25) is 4.79 Å². The van der Waals surface area contributed by atoms with E-state index in [1.165, 1.54) is 0 Å². The van der Waals surface area contributed by atoms with E-state index in [0.29, 0.717) is 19.3 Å². The quantitative estimate of drug-likeness (QED) is 0.772. The Balaban J connectivity index is 2.32. The molecule has 0 aliphatic carbocycles. The predicted octanol–water partition coefficient (Wildman–Crippen LogP) is 2.39. The highest BCUT2D eigenvalue weighted by Gasteiger charge is 2.20. The van der Waals surface area contributed by atoms with Crippen LogP contribution in [-0.4, -0.2) is 28.0 Å². The van der Waals surface area contributed by atoms with Crippen molar-refractivity contribution < 1.29 is 14.7 Å². The van der Waals surface area contributed by atoms with Gasteiger partial charge in [-0.2, -0.15) is 0 Å². The van der Waals surface area contributed by atoms with E-state index in [1.54, 1.807) is 11.3 Å². The molecule has 1 amide bonds. The van der Waals surface area contributed by atoms with Crippen molar-refractivity contribution in [1.29, 1.82) is 0 Å². The summed E-state index contributed by atoms with van der Waals surface area (Å²) in [5.41, 5.74) is 0.998. The molecular formula is C14H22N2O3S. The van der Waals surface area contributed by atoms with Gasteiger partial charge in [0.1, 0.15) is 6.04 Å². The van der Waals surface area contributed by atoms with Crippen LogP contribution in [0.5, 0.6) is 0 Å². The molecule has 1 aromatic rings. The topological polar surface area (TPSA) is 79.3 Å². The van der Waals surface area contributed by atoms with Crippen molar-refractivity contribution in [3.63, 3.8) is 0 Å². The van der Waals surface area contributed by atoms with E-state index >= 15 is 0 Å². The predicted molar refractivity (Wildman–Crippen MR) is 78.8 cm³/mol. The van der Waals surface area contributed by atoms with Gasteiger partial charge in [-0.15, -0.1) is 11.3 Å². The molecule has 1 aromatic heterocycles. The van der Waals surface area contributed by atoms with Gasteiger partial charge in [0.15, 0.2) is 0 Å². The molecule has 0 aliphatic heterocycles. The first-order valence-electron chi connectivity index (χ1n) is 6.81. The minimum atomic E-state index is -0.970. The lowest BCUT2D eigenvalue weighted by molar-refractivity contribution is -0.142. The number of aromatic nitrogens is 1. The standard InChI is InChI=1S/C14H22N2O3S/c1-9(2)7-11(14(18)19)16-12(17)5-4-6-13-15-10(3)8-20-13/h8-9,11H,4-7H2,1-3H3,(H,16,17)(H,18,19)/t11-/m0/s1. The third-order valence-corrected chi connectivity index (χ3v) is 3.83. The lowest BCUT2D eigenvalue weighted by atomic mass is 10.0. The highest BCUT2D eigenvalue weighted by atomic mass is 32.1. The zero-order chi connectivity index (χ0) is 15.1. The van der Waals surface area contributed by atoms with Gasteiger partial charge in [0.05, 0.1) is 5.01 Å². The molecule has 0 aromatic carbocycles. The van der Waals surface area contributed by atoms with E-state index in [1.807, 2.05) is 26.2 Å². The summed E-state index contributed by atoms with van der Waals surface area (Å²) in [5, 5.41) is 14.6. The summed E-state index contributed by atoms with van der Waals surface area (Å²) in [6, 6.07) is -0.787. The van der Waals surface area contributed by atoms with Crippen LogP contribution >= 0.6 is 11.3 Å². The minimum Gasteiger partial charge on any atom is -0.480 e. The van der Waals surface area contributed by atoms with Gasteiger partial charge in [-0.05, 0) is 32.1 Å². The van der Waals surface area contributed by atoms with Crippen LogP contribution in [0.4, 0.5) is 0 Å². The Kier molecular flexibility index (Phi) is 6.64. The van der Waals surface area contributed by atoms with Crippen molar-refractivity contribution in [2.24, 2.45) is 5.92 Å². The number of carboxylic acids is 1. The van der Waals surface area contributed by atoms with Gasteiger partial charge in [0.25, 0.3) is 0 Å². The summed E-state index contributed by atoms with van der Waals surface area (Å²) in [6.07, 6.45) is 2.23. The number of aryl methyl sites for hydroxylation is 2. The number of carbonyl (C=O) groups is 2. The zero-order valence-corrected chi connectivity index (χ0v) is 13.0. The van der Waals surface area contributed by atoms with Crippen LogP contribution in [0.15, 0.2) is 5.38 Å². The highest BCUT2D eigenvalue weighted by Crippen LogP contribution is 2.12. The molecule has 0 aliphatic rings. The first-order valence-corrected chi connectivity index (χ1v) is 7.69. The Morgan fingerprint density at radius 3 is 2.65 bits per heavy atom. The van der Waals surface area contributed by atoms with E-state index in [-0.39, 0.29) is 11.8 Å². The molecule has 112 valence electrons. The first-order chi connectivity index (χ1) is 9.38. The fourth-order valence-electron chi connectivity index (χ4n) is 1.88. The monoisotopic (exact) mass is 298 g/mol. The van der Waals surface area contributed by atoms with Gasteiger partial charge in [0, 0.05) is 17.5 Å². The number of nitrogens with zero attached hydrogens (tertiary/aromatic N) is 1. The van der Waals surface area contributed by atoms with E-state index < -0.39 is 12.0 Å². The second kappa shape index (κ2) is 7.99. The van der Waals surface area contributed by atoms with Crippen LogP contribution in [0.25, 0.3) is 0 Å². The molecule has 5 nitrogen and oxygen atoms in total. The van der Waals surface area contributed by atoms with Crippen LogP contribution in [0.2, 0.25) is 0 Å². The van der Waals surface area contributed by atoms with Crippen LogP contribution in [0, 0.1) is 12.8 Å². The van der Waals surface area contributed by atoms with E-state index in [0.717, 1.165) is 17.1 Å². The molecule has 6 heteroatoms. The SMILES string of the molecule is Cc1csc(CCCC(=O)N[C@@H](CC(C)C)C(=O)O)n1. The number of rotatable bonds is 8. The van der Waals surface area contributed by atoms with Crippen molar-refractivity contribution in [1.82, 2.24) is 10.3 Å². The average molecular weight is 298 g/mol. The number of hydrogen-bond acceptors (Lipinski definition) is 4. The minimum absolute atomic E-state index is 0.202. The Labute approximate surface area is 123 Å². The molecule has 0 radical (unpaired) electrons. The molecule has 1 rings (SSSR count). The maximum absolute atomic E-state index is 11.7. The molecule has 0 spiro atoms. The largest absolute Gasteiger partial charge is 0.480 e. The zero-order valence-electron chi connectivity index (χ0n) is 12.2. The Morgan fingerprint density at radius 1 is 1.45 bits per heavy atom. The van der Waals surface area contributed by atoms with E-state index in [4.69, 9.17) is 5.11 Å². The lowest BCUT2D eigenvalue weighted by Crippen LogP contribution is -2.41. The van der Waals surface area contributed by atoms with Crippen molar-refractivity contribution in [2.75, 3.05) is 0 Å². The second-order valence-electron chi connectivity index (χ2n) is 5.32. The summed E-state index contributed by atoms with van der Waals surface area (Å²) in [4.78, 5) is 27.1. The average Bonchev–Trinajstić information content (AvgIpc) is 2.73. The van der Waals surface area contributed by atoms with Gasteiger partial charge in [0.2, 0.25) is 5.91 Å². The third kappa shape index (κ3) is 6.14. The molecule has 1 atom stereocenters. The molecule has 0 fully saturated rings. The van der Waals surface area contributed by atoms with Crippen molar-refractivity contribution in [2.45, 2.75) is 52.5 Å². The van der Waals surface area contributed by atoms with E-state index in [2.05, 4.69) is 10.3 Å². The summed E-state index contributed by atoms with van der Waals surface area (Å²) in [6.45, 7) is 5.82. The number of carbonyl (C=O) groups excluding carboxylic acids is 1. The fourth-order valence-corrected chi connectivity index (χ4v) is 2.70. The van der Waals surface area contributed by atoms with Crippen LogP contribution in [-0.2, 0) is 16.0 Å². The highest BCUT2D eigenvalue weighted by molar-refractivity contribution is 7.09. The fraction of sp³-hybridized carbons (Fsp3) is 0.643. The maximum Gasteiger partial charge on any atom is 0.326 e. The summed E-state index contributed by atoms with van der Waals surface area (Å²) in [7, 11) is 0. The van der Waals surface area contributed by atoms with Gasteiger partial charge >= 0.3 is 5.97 Å². The number of carboxylic acid groups (broad SMARTS) is 1. The molecule has 0 unspecified atom stereocenters. The molecule has 0 saturated heterocycles. The summed E-state index contributed by atoms with van der Waals surface area (Å²) >= 11 is 1.59.